The van der Waals surface area contributed by atoms with Crippen LogP contribution in [0, 0.1) is 12.7 Å². The summed E-state index contributed by atoms with van der Waals surface area (Å²) in [7, 11) is 8.04. The van der Waals surface area contributed by atoms with Gasteiger partial charge in [-0.15, -0.1) is 0 Å². The van der Waals surface area contributed by atoms with Gasteiger partial charge in [0.1, 0.15) is 5.82 Å². The smallest absolute Gasteiger partial charge is 0.142 e. The topological polar surface area (TPSA) is 6.48 Å². The minimum Gasteiger partial charge on any atom is -0.377 e. The zero-order valence-corrected chi connectivity index (χ0v) is 14.4. The van der Waals surface area contributed by atoms with E-state index in [4.69, 9.17) is 11.6 Å². The molecule has 2 rings (SSSR count). The minimum atomic E-state index is -0.378. The molecule has 1 unspecified atom stereocenters. The molecule has 0 amide bonds. The van der Waals surface area contributed by atoms with E-state index >= 15 is 0 Å². The first kappa shape index (κ1) is 16.8. The zero-order chi connectivity index (χ0) is 16.4. The summed E-state index contributed by atoms with van der Waals surface area (Å²) in [5, 5.41) is 0.166. The van der Waals surface area contributed by atoms with Crippen molar-refractivity contribution in [3.05, 3.63) is 63.9 Å². The molecule has 22 heavy (non-hydrogen) atoms. The van der Waals surface area contributed by atoms with E-state index in [0.29, 0.717) is 0 Å². The van der Waals surface area contributed by atoms with Gasteiger partial charge in [0.2, 0.25) is 0 Å². The van der Waals surface area contributed by atoms with Crippen molar-refractivity contribution in [3.63, 3.8) is 0 Å². The molecule has 0 bridgehead atoms. The summed E-state index contributed by atoms with van der Waals surface area (Å²) >= 11 is 5.90. The average Bonchev–Trinajstić information content (AvgIpc) is 2.44. The molecule has 0 saturated heterocycles. The fourth-order valence-electron chi connectivity index (χ4n) is 2.81. The highest BCUT2D eigenvalue weighted by atomic mass is 35.5. The largest absolute Gasteiger partial charge is 0.377 e. The Morgan fingerprint density at radius 3 is 2.23 bits per heavy atom. The average molecular weight is 321 g/mol. The molecule has 1 atom stereocenters. The lowest BCUT2D eigenvalue weighted by Gasteiger charge is -2.30. The van der Waals surface area contributed by atoms with Crippen molar-refractivity contribution >= 4 is 17.3 Å². The summed E-state index contributed by atoms with van der Waals surface area (Å²) in [4.78, 5) is 4.17. The second-order valence-corrected chi connectivity index (χ2v) is 6.35. The molecule has 0 saturated carbocycles. The molecule has 2 aromatic carbocycles. The van der Waals surface area contributed by atoms with Gasteiger partial charge >= 0.3 is 0 Å². The van der Waals surface area contributed by atoms with Crippen LogP contribution in [0.25, 0.3) is 0 Å². The van der Waals surface area contributed by atoms with Crippen LogP contribution >= 0.6 is 11.6 Å². The molecule has 4 heteroatoms. The zero-order valence-electron chi connectivity index (χ0n) is 13.7. The van der Waals surface area contributed by atoms with Crippen molar-refractivity contribution in [1.29, 1.82) is 0 Å². The Bertz CT molecular complexity index is 668. The van der Waals surface area contributed by atoms with Crippen molar-refractivity contribution in [2.24, 2.45) is 0 Å². The number of benzene rings is 2. The summed E-state index contributed by atoms with van der Waals surface area (Å²) < 4.78 is 14.0. The molecule has 0 N–H and O–H groups in total. The highest BCUT2D eigenvalue weighted by molar-refractivity contribution is 6.30. The van der Waals surface area contributed by atoms with Gasteiger partial charge in [-0.2, -0.15) is 0 Å². The van der Waals surface area contributed by atoms with Crippen LogP contribution in [0.5, 0.6) is 0 Å². The highest BCUT2D eigenvalue weighted by Gasteiger charge is 2.23. The first-order valence-electron chi connectivity index (χ1n) is 7.21. The minimum absolute atomic E-state index is 0.0367. The number of halogens is 2. The van der Waals surface area contributed by atoms with Gasteiger partial charge in [0.05, 0.1) is 11.1 Å². The summed E-state index contributed by atoms with van der Waals surface area (Å²) in [5.74, 6) is -0.378. The quantitative estimate of drug-likeness (QED) is 0.818. The Labute approximate surface area is 137 Å². The molecule has 2 nitrogen and oxygen atoms in total. The van der Waals surface area contributed by atoms with Gasteiger partial charge in [-0.1, -0.05) is 29.8 Å². The highest BCUT2D eigenvalue weighted by Crippen LogP contribution is 2.36. The normalized spacial score (nSPS) is 12.5. The lowest BCUT2D eigenvalue weighted by atomic mass is 9.92. The predicted molar refractivity (Wildman–Crippen MR) is 92.4 cm³/mol. The fourth-order valence-corrected chi connectivity index (χ4v) is 3.02. The molecule has 0 aliphatic rings. The maximum Gasteiger partial charge on any atom is 0.142 e. The lowest BCUT2D eigenvalue weighted by molar-refractivity contribution is 0.340. The van der Waals surface area contributed by atoms with E-state index in [1.54, 1.807) is 12.1 Å². The summed E-state index contributed by atoms with van der Waals surface area (Å²) in [6.07, 6.45) is 0. The van der Waals surface area contributed by atoms with Crippen LogP contribution in [0.1, 0.15) is 22.7 Å². The van der Waals surface area contributed by atoms with E-state index in [-0.39, 0.29) is 16.9 Å². The molecule has 0 aliphatic carbocycles. The van der Waals surface area contributed by atoms with E-state index in [2.05, 4.69) is 21.9 Å². The molecule has 0 spiro atoms. The standard InChI is InChI=1S/C18H22ClFN2/c1-12-10-15(19)16(20)11-14(12)18(22(4)5)13-8-6-7-9-17(13)21(2)3/h6-11,18H,1-5H3. The third-order valence-corrected chi connectivity index (χ3v) is 4.12. The summed E-state index contributed by atoms with van der Waals surface area (Å²) in [6.45, 7) is 1.97. The molecular formula is C18H22ClFN2. The van der Waals surface area contributed by atoms with Crippen LogP contribution < -0.4 is 4.90 Å². The van der Waals surface area contributed by atoms with Gasteiger partial charge in [-0.25, -0.2) is 4.39 Å². The second kappa shape index (κ2) is 6.67. The number of rotatable bonds is 4. The molecule has 118 valence electrons. The SMILES string of the molecule is Cc1cc(Cl)c(F)cc1C(c1ccccc1N(C)C)N(C)C. The van der Waals surface area contributed by atoms with Crippen LogP contribution in [-0.2, 0) is 0 Å². The van der Waals surface area contributed by atoms with E-state index in [9.17, 15) is 4.39 Å². The van der Waals surface area contributed by atoms with Gasteiger partial charge in [-0.3, -0.25) is 4.90 Å². The molecular weight excluding hydrogens is 299 g/mol. The van der Waals surface area contributed by atoms with Gasteiger partial charge in [-0.05, 0) is 55.9 Å². The summed E-state index contributed by atoms with van der Waals surface area (Å²) in [6, 6.07) is 11.4. The lowest BCUT2D eigenvalue weighted by Crippen LogP contribution is -2.24. The Hall–Kier alpha value is -1.58. The van der Waals surface area contributed by atoms with Crippen molar-refractivity contribution in [1.82, 2.24) is 4.90 Å². The Balaban J connectivity index is 2.65. The first-order chi connectivity index (χ1) is 10.3. The predicted octanol–water partition coefficient (Wildman–Crippen LogP) is 4.50. The van der Waals surface area contributed by atoms with E-state index in [1.165, 1.54) is 0 Å². The molecule has 0 aliphatic heterocycles. The molecule has 2 aromatic rings. The van der Waals surface area contributed by atoms with Gasteiger partial charge in [0, 0.05) is 19.8 Å². The van der Waals surface area contributed by atoms with Crippen molar-refractivity contribution in [2.45, 2.75) is 13.0 Å². The van der Waals surface area contributed by atoms with Gasteiger partial charge < -0.3 is 4.90 Å². The monoisotopic (exact) mass is 320 g/mol. The Morgan fingerprint density at radius 1 is 1.00 bits per heavy atom. The van der Waals surface area contributed by atoms with Crippen LogP contribution in [-0.4, -0.2) is 33.1 Å². The van der Waals surface area contributed by atoms with E-state index < -0.39 is 0 Å². The van der Waals surface area contributed by atoms with Crippen molar-refractivity contribution in [2.75, 3.05) is 33.1 Å². The number of aryl methyl sites for hydroxylation is 1. The Kier molecular flexibility index (Phi) is 5.09. The fraction of sp³-hybridized carbons (Fsp3) is 0.333. The van der Waals surface area contributed by atoms with E-state index in [1.807, 2.05) is 47.2 Å². The van der Waals surface area contributed by atoms with Crippen LogP contribution in [0.15, 0.2) is 36.4 Å². The molecule has 0 fully saturated rings. The maximum absolute atomic E-state index is 14.0. The number of nitrogens with zero attached hydrogens (tertiary/aromatic N) is 2. The molecule has 0 aromatic heterocycles. The van der Waals surface area contributed by atoms with Crippen LogP contribution in [0.2, 0.25) is 5.02 Å². The van der Waals surface area contributed by atoms with Crippen molar-refractivity contribution in [3.8, 4) is 0 Å². The summed E-state index contributed by atoms with van der Waals surface area (Å²) in [5.41, 5.74) is 4.18. The number of hydrogen-bond donors (Lipinski definition) is 0. The van der Waals surface area contributed by atoms with Crippen LogP contribution in [0.4, 0.5) is 10.1 Å². The number of anilines is 1. The third-order valence-electron chi connectivity index (χ3n) is 3.83. The van der Waals surface area contributed by atoms with Crippen LogP contribution in [0.3, 0.4) is 0 Å². The molecule has 0 radical (unpaired) electrons. The van der Waals surface area contributed by atoms with E-state index in [0.717, 1.165) is 22.4 Å². The second-order valence-electron chi connectivity index (χ2n) is 5.94. The maximum atomic E-state index is 14.0. The first-order valence-corrected chi connectivity index (χ1v) is 7.59. The van der Waals surface area contributed by atoms with Gasteiger partial charge in [0.15, 0.2) is 0 Å². The molecule has 0 heterocycles. The van der Waals surface area contributed by atoms with Gasteiger partial charge in [0.25, 0.3) is 0 Å². The Morgan fingerprint density at radius 2 is 1.64 bits per heavy atom. The number of para-hydroxylation sites is 1. The number of hydrogen-bond acceptors (Lipinski definition) is 2. The van der Waals surface area contributed by atoms with Crippen molar-refractivity contribution < 1.29 is 4.39 Å². The third kappa shape index (κ3) is 3.26.